The highest BCUT2D eigenvalue weighted by Gasteiger charge is 2.25. The molecule has 0 nitrogen and oxygen atoms in total. The average molecular weight is 295 g/mol. The van der Waals surface area contributed by atoms with Gasteiger partial charge in [-0.15, -0.1) is 0 Å². The van der Waals surface area contributed by atoms with Crippen molar-refractivity contribution in [1.29, 1.82) is 0 Å². The average Bonchev–Trinajstić information content (AvgIpc) is 2.30. The van der Waals surface area contributed by atoms with Crippen molar-refractivity contribution in [3.8, 4) is 0 Å². The smallest absolute Gasteiger partial charge is 0.0166 e. The van der Waals surface area contributed by atoms with E-state index in [1.165, 1.54) is 60.2 Å². The molecule has 16 heavy (non-hydrogen) atoms. The van der Waals surface area contributed by atoms with E-state index in [1.54, 1.807) is 0 Å². The first-order valence-electron chi connectivity index (χ1n) is 6.35. The predicted octanol–water partition coefficient (Wildman–Crippen LogP) is 4.24. The maximum Gasteiger partial charge on any atom is 0.0166 e. The fourth-order valence-corrected chi connectivity index (χ4v) is 7.79. The van der Waals surface area contributed by atoms with Crippen LogP contribution in [-0.2, 0) is 0 Å². The van der Waals surface area contributed by atoms with E-state index in [1.807, 2.05) is 0 Å². The summed E-state index contributed by atoms with van der Waals surface area (Å²) >= 11 is 8.86. The normalized spacial score (nSPS) is 34.5. The van der Waals surface area contributed by atoms with Crippen molar-refractivity contribution in [2.45, 2.75) is 36.2 Å². The summed E-state index contributed by atoms with van der Waals surface area (Å²) in [6, 6.07) is 0. The molecule has 4 heteroatoms. The van der Waals surface area contributed by atoms with Crippen LogP contribution < -0.4 is 0 Å². The molecule has 0 radical (unpaired) electrons. The Labute approximate surface area is 117 Å². The van der Waals surface area contributed by atoms with Gasteiger partial charge in [0.15, 0.2) is 0 Å². The van der Waals surface area contributed by atoms with Gasteiger partial charge in [-0.2, -0.15) is 47.0 Å². The van der Waals surface area contributed by atoms with Crippen LogP contribution in [0, 0.1) is 0 Å². The van der Waals surface area contributed by atoms with Gasteiger partial charge in [-0.3, -0.25) is 0 Å². The van der Waals surface area contributed by atoms with Crippen molar-refractivity contribution in [1.82, 2.24) is 0 Å². The van der Waals surface area contributed by atoms with Gasteiger partial charge < -0.3 is 0 Å². The van der Waals surface area contributed by atoms with Crippen LogP contribution in [0.25, 0.3) is 0 Å². The van der Waals surface area contributed by atoms with Crippen LogP contribution in [0.4, 0.5) is 0 Å². The summed E-state index contributed by atoms with van der Waals surface area (Å²) in [6.07, 6.45) is 5.94. The summed E-state index contributed by atoms with van der Waals surface area (Å²) in [5.41, 5.74) is 0. The molecule has 2 fully saturated rings. The maximum absolute atomic E-state index is 2.27. The first kappa shape index (κ1) is 13.8. The third kappa shape index (κ3) is 4.95. The Hall–Kier alpha value is 1.40. The first-order chi connectivity index (χ1) is 7.97. The third-order valence-electron chi connectivity index (χ3n) is 3.13. The molecule has 0 aromatic heterocycles. The molecule has 1 heterocycles. The monoisotopic (exact) mass is 294 g/mol. The van der Waals surface area contributed by atoms with E-state index in [9.17, 15) is 0 Å². The van der Waals surface area contributed by atoms with Crippen molar-refractivity contribution in [2.75, 3.05) is 34.5 Å². The molecular weight excluding hydrogens is 272 g/mol. The second kappa shape index (κ2) is 8.49. The molecule has 1 aliphatic heterocycles. The van der Waals surface area contributed by atoms with E-state index in [0.29, 0.717) is 0 Å². The van der Waals surface area contributed by atoms with E-state index < -0.39 is 0 Å². The highest BCUT2D eigenvalue weighted by Crippen LogP contribution is 2.36. The van der Waals surface area contributed by atoms with Gasteiger partial charge in [0.1, 0.15) is 0 Å². The lowest BCUT2D eigenvalue weighted by atomic mass is 10.00. The molecule has 0 N–H and O–H groups in total. The minimum atomic E-state index is 0.976. The second-order valence-corrected chi connectivity index (χ2v) is 9.47. The Morgan fingerprint density at radius 2 is 1.00 bits per heavy atom. The highest BCUT2D eigenvalue weighted by molar-refractivity contribution is 8.07. The summed E-state index contributed by atoms with van der Waals surface area (Å²) in [7, 11) is 0. The van der Waals surface area contributed by atoms with Crippen molar-refractivity contribution < 1.29 is 0 Å². The van der Waals surface area contributed by atoms with Gasteiger partial charge in [-0.25, -0.2) is 0 Å². The summed E-state index contributed by atoms with van der Waals surface area (Å²) in [5.74, 6) is 8.25. The minimum absolute atomic E-state index is 0.976. The Balaban J connectivity index is 1.79. The zero-order valence-electron chi connectivity index (χ0n) is 9.86. The molecule has 1 saturated carbocycles. The van der Waals surface area contributed by atoms with Gasteiger partial charge in [0.25, 0.3) is 0 Å². The molecule has 2 rings (SSSR count). The van der Waals surface area contributed by atoms with Crippen LogP contribution in [0.2, 0.25) is 0 Å². The molecular formula is C12H22S4. The Morgan fingerprint density at radius 1 is 0.562 bits per heavy atom. The standard InChI is InChI=1S/C12H22S4/c1-2-4-12-11(3-1)15-9-7-13-5-6-14-8-10-16-12/h11-12H,1-10H2. The summed E-state index contributed by atoms with van der Waals surface area (Å²) in [5, 5.41) is 1.95. The highest BCUT2D eigenvalue weighted by atomic mass is 32.2. The molecule has 0 aromatic rings. The Kier molecular flexibility index (Phi) is 7.34. The van der Waals surface area contributed by atoms with Crippen LogP contribution in [-0.4, -0.2) is 45.0 Å². The van der Waals surface area contributed by atoms with E-state index in [-0.39, 0.29) is 0 Å². The predicted molar refractivity (Wildman–Crippen MR) is 85.6 cm³/mol. The number of fused-ring (bicyclic) bond motifs is 1. The van der Waals surface area contributed by atoms with Gasteiger partial charge in [-0.05, 0) is 12.8 Å². The van der Waals surface area contributed by atoms with Crippen LogP contribution in [0.5, 0.6) is 0 Å². The number of hydrogen-bond donors (Lipinski definition) is 0. The molecule has 1 aliphatic carbocycles. The SMILES string of the molecule is C1CCC2SCCSCCSCCSC2C1. The molecule has 94 valence electrons. The van der Waals surface area contributed by atoms with E-state index in [2.05, 4.69) is 47.0 Å². The lowest BCUT2D eigenvalue weighted by Crippen LogP contribution is -2.25. The largest absolute Gasteiger partial charge is 0.160 e. The summed E-state index contributed by atoms with van der Waals surface area (Å²) in [4.78, 5) is 0. The topological polar surface area (TPSA) is 0 Å². The lowest BCUT2D eigenvalue weighted by Gasteiger charge is -2.31. The second-order valence-electron chi connectivity index (χ2n) is 4.33. The van der Waals surface area contributed by atoms with Crippen molar-refractivity contribution in [2.24, 2.45) is 0 Å². The van der Waals surface area contributed by atoms with Crippen LogP contribution in [0.1, 0.15) is 25.7 Å². The maximum atomic E-state index is 2.27. The molecule has 2 unspecified atom stereocenters. The quantitative estimate of drug-likeness (QED) is 0.655. The first-order valence-corrected chi connectivity index (χ1v) is 10.8. The van der Waals surface area contributed by atoms with Gasteiger partial charge in [0.05, 0.1) is 0 Å². The van der Waals surface area contributed by atoms with Crippen molar-refractivity contribution in [3.05, 3.63) is 0 Å². The van der Waals surface area contributed by atoms with E-state index >= 15 is 0 Å². The molecule has 0 spiro atoms. The minimum Gasteiger partial charge on any atom is -0.160 e. The molecule has 1 saturated heterocycles. The molecule has 0 aromatic carbocycles. The van der Waals surface area contributed by atoms with E-state index in [0.717, 1.165) is 10.5 Å². The van der Waals surface area contributed by atoms with Gasteiger partial charge in [-0.1, -0.05) is 12.8 Å². The van der Waals surface area contributed by atoms with Crippen molar-refractivity contribution in [3.63, 3.8) is 0 Å². The van der Waals surface area contributed by atoms with Crippen molar-refractivity contribution >= 4 is 47.0 Å². The fraction of sp³-hybridized carbons (Fsp3) is 1.00. The summed E-state index contributed by atoms with van der Waals surface area (Å²) in [6.45, 7) is 0. The number of hydrogen-bond acceptors (Lipinski definition) is 4. The molecule has 0 bridgehead atoms. The Bertz CT molecular complexity index is 166. The molecule has 2 aliphatic rings. The summed E-state index contributed by atoms with van der Waals surface area (Å²) < 4.78 is 0. The van der Waals surface area contributed by atoms with Gasteiger partial charge in [0.2, 0.25) is 0 Å². The molecule has 0 amide bonds. The van der Waals surface area contributed by atoms with Crippen LogP contribution in [0.3, 0.4) is 0 Å². The third-order valence-corrected chi connectivity index (χ3v) is 8.92. The zero-order chi connectivity index (χ0) is 11.1. The zero-order valence-corrected chi connectivity index (χ0v) is 13.1. The Morgan fingerprint density at radius 3 is 1.50 bits per heavy atom. The van der Waals surface area contributed by atoms with Gasteiger partial charge in [0, 0.05) is 45.0 Å². The fourth-order valence-electron chi connectivity index (χ4n) is 2.28. The van der Waals surface area contributed by atoms with Crippen LogP contribution in [0.15, 0.2) is 0 Å². The van der Waals surface area contributed by atoms with Crippen LogP contribution >= 0.6 is 47.0 Å². The number of thioether (sulfide) groups is 4. The van der Waals surface area contributed by atoms with Gasteiger partial charge >= 0.3 is 0 Å². The number of rotatable bonds is 0. The molecule has 2 atom stereocenters. The lowest BCUT2D eigenvalue weighted by molar-refractivity contribution is 0.528. The van der Waals surface area contributed by atoms with E-state index in [4.69, 9.17) is 0 Å².